The van der Waals surface area contributed by atoms with Gasteiger partial charge in [-0.05, 0) is 19.1 Å². The number of imidazole rings is 1. The van der Waals surface area contributed by atoms with Crippen LogP contribution in [0.5, 0.6) is 0 Å². The molecule has 0 radical (unpaired) electrons. The molecular formula is C17H17FN6O. The highest BCUT2D eigenvalue weighted by Crippen LogP contribution is 2.28. The van der Waals surface area contributed by atoms with Crippen molar-refractivity contribution < 1.29 is 9.18 Å². The Morgan fingerprint density at radius 1 is 1.36 bits per heavy atom. The Morgan fingerprint density at radius 3 is 2.92 bits per heavy atom. The van der Waals surface area contributed by atoms with E-state index in [0.717, 1.165) is 29.7 Å². The Bertz CT molecular complexity index is 900. The molecule has 0 saturated heterocycles. The lowest BCUT2D eigenvalue weighted by atomic mass is 10.0. The van der Waals surface area contributed by atoms with Crippen molar-refractivity contribution in [2.45, 2.75) is 26.4 Å². The maximum absolute atomic E-state index is 13.0. The molecule has 1 N–H and O–H groups in total. The van der Waals surface area contributed by atoms with Crippen molar-refractivity contribution in [3.8, 4) is 11.5 Å². The van der Waals surface area contributed by atoms with Crippen LogP contribution in [0.4, 0.5) is 4.39 Å². The lowest BCUT2D eigenvalue weighted by Crippen LogP contribution is -2.36. The number of aromatic nitrogens is 5. The average Bonchev–Trinajstić information content (AvgIpc) is 3.28. The van der Waals surface area contributed by atoms with Gasteiger partial charge in [0.15, 0.2) is 5.82 Å². The van der Waals surface area contributed by atoms with Crippen LogP contribution in [0.2, 0.25) is 0 Å². The Hall–Kier alpha value is -3.03. The number of nitrogens with one attached hydrogen (secondary N) is 1. The predicted octanol–water partition coefficient (Wildman–Crippen LogP) is 2.03. The van der Waals surface area contributed by atoms with E-state index in [1.807, 2.05) is 11.6 Å². The van der Waals surface area contributed by atoms with Crippen LogP contribution < -0.4 is 0 Å². The third kappa shape index (κ3) is 2.69. The third-order valence-electron chi connectivity index (χ3n) is 4.39. The molecule has 8 heteroatoms. The number of pyridine rings is 1. The molecule has 0 unspecified atom stereocenters. The molecule has 1 aliphatic rings. The first-order valence-electron chi connectivity index (χ1n) is 8.16. The number of amides is 1. The molecule has 0 aromatic carbocycles. The monoisotopic (exact) mass is 340 g/mol. The van der Waals surface area contributed by atoms with Gasteiger partial charge in [0.2, 0.25) is 0 Å². The summed E-state index contributed by atoms with van der Waals surface area (Å²) < 4.78 is 15.0. The van der Waals surface area contributed by atoms with Crippen molar-refractivity contribution >= 4 is 5.91 Å². The fourth-order valence-corrected chi connectivity index (χ4v) is 3.18. The van der Waals surface area contributed by atoms with Gasteiger partial charge in [0, 0.05) is 43.2 Å². The lowest BCUT2D eigenvalue weighted by molar-refractivity contribution is 0.0727. The number of aryl methyl sites for hydroxylation is 1. The number of nitrogens with zero attached hydrogens (tertiary/aromatic N) is 5. The third-order valence-corrected chi connectivity index (χ3v) is 4.39. The van der Waals surface area contributed by atoms with Crippen molar-refractivity contribution in [1.29, 1.82) is 0 Å². The molecule has 0 aliphatic carbocycles. The lowest BCUT2D eigenvalue weighted by Gasteiger charge is -2.27. The molecule has 3 aromatic heterocycles. The maximum Gasteiger partial charge on any atom is 0.272 e. The van der Waals surface area contributed by atoms with Crippen LogP contribution in [-0.4, -0.2) is 42.1 Å². The molecule has 0 spiro atoms. The van der Waals surface area contributed by atoms with Crippen LogP contribution in [0.25, 0.3) is 11.5 Å². The zero-order valence-electron chi connectivity index (χ0n) is 13.7. The number of fused-ring (bicyclic) bond motifs is 1. The quantitative estimate of drug-likeness (QED) is 0.791. The number of hydrogen-bond donors (Lipinski definition) is 1. The van der Waals surface area contributed by atoms with Crippen LogP contribution in [0.3, 0.4) is 0 Å². The molecule has 0 atom stereocenters. The van der Waals surface area contributed by atoms with E-state index in [9.17, 15) is 9.18 Å². The molecule has 4 rings (SSSR count). The minimum atomic E-state index is -0.457. The Balaban J connectivity index is 1.67. The van der Waals surface area contributed by atoms with Gasteiger partial charge >= 0.3 is 0 Å². The zero-order valence-corrected chi connectivity index (χ0v) is 13.7. The van der Waals surface area contributed by atoms with E-state index in [-0.39, 0.29) is 11.6 Å². The molecule has 3 aromatic rings. The van der Waals surface area contributed by atoms with Crippen LogP contribution in [0, 0.1) is 5.82 Å². The smallest absolute Gasteiger partial charge is 0.272 e. The average molecular weight is 340 g/mol. The summed E-state index contributed by atoms with van der Waals surface area (Å²) in [5.74, 6) is 0.0276. The van der Waals surface area contributed by atoms with Crippen LogP contribution in [0.1, 0.15) is 28.7 Å². The van der Waals surface area contributed by atoms with Crippen molar-refractivity contribution in [2.75, 3.05) is 6.54 Å². The summed E-state index contributed by atoms with van der Waals surface area (Å²) in [4.78, 5) is 25.7. The second kappa shape index (κ2) is 6.12. The summed E-state index contributed by atoms with van der Waals surface area (Å²) in [6, 6.07) is 2.66. The summed E-state index contributed by atoms with van der Waals surface area (Å²) in [7, 11) is 0. The first-order valence-corrected chi connectivity index (χ1v) is 8.16. The molecule has 25 heavy (non-hydrogen) atoms. The second-order valence-corrected chi connectivity index (χ2v) is 5.87. The molecule has 1 aliphatic heterocycles. The predicted molar refractivity (Wildman–Crippen MR) is 88.1 cm³/mol. The minimum Gasteiger partial charge on any atom is -0.343 e. The van der Waals surface area contributed by atoms with E-state index in [2.05, 4.69) is 20.1 Å². The van der Waals surface area contributed by atoms with E-state index in [1.165, 1.54) is 12.1 Å². The number of carbonyl (C=O) groups is 1. The van der Waals surface area contributed by atoms with E-state index in [0.29, 0.717) is 25.3 Å². The van der Waals surface area contributed by atoms with Gasteiger partial charge in [0.25, 0.3) is 5.91 Å². The molecule has 7 nitrogen and oxygen atoms in total. The van der Waals surface area contributed by atoms with Crippen LogP contribution in [-0.2, 0) is 19.5 Å². The van der Waals surface area contributed by atoms with Crippen LogP contribution >= 0.6 is 0 Å². The highest BCUT2D eigenvalue weighted by molar-refractivity contribution is 5.92. The standard InChI is InChI=1S/C17H17FN6O/c1-2-24-14-5-8-23(17(25)13-4-3-11(18)9-21-13)10-12(14)15(22-24)16-19-6-7-20-16/h3-4,6-7,9H,2,5,8,10H2,1H3,(H,19,20). The Labute approximate surface area is 143 Å². The first kappa shape index (κ1) is 15.5. The summed E-state index contributed by atoms with van der Waals surface area (Å²) >= 11 is 0. The SMILES string of the molecule is CCn1nc(-c2ncc[nH]2)c2c1CCN(C(=O)c1ccc(F)cn1)C2. The van der Waals surface area contributed by atoms with Gasteiger partial charge in [-0.2, -0.15) is 5.10 Å². The van der Waals surface area contributed by atoms with Crippen molar-refractivity contribution in [1.82, 2.24) is 29.6 Å². The Morgan fingerprint density at radius 2 is 2.24 bits per heavy atom. The number of H-pyrrole nitrogens is 1. The van der Waals surface area contributed by atoms with E-state index >= 15 is 0 Å². The van der Waals surface area contributed by atoms with Gasteiger partial charge in [-0.25, -0.2) is 14.4 Å². The first-order chi connectivity index (χ1) is 12.2. The van der Waals surface area contributed by atoms with Crippen molar-refractivity contribution in [2.24, 2.45) is 0 Å². The summed E-state index contributed by atoms with van der Waals surface area (Å²) in [5.41, 5.74) is 3.14. The number of carbonyl (C=O) groups excluding carboxylic acids is 1. The molecule has 0 saturated carbocycles. The van der Waals surface area contributed by atoms with Gasteiger partial charge in [0.1, 0.15) is 17.2 Å². The van der Waals surface area contributed by atoms with Gasteiger partial charge < -0.3 is 9.88 Å². The highest BCUT2D eigenvalue weighted by Gasteiger charge is 2.29. The van der Waals surface area contributed by atoms with E-state index < -0.39 is 5.82 Å². The molecule has 128 valence electrons. The molecular weight excluding hydrogens is 323 g/mol. The molecule has 1 amide bonds. The molecule has 0 fully saturated rings. The Kier molecular flexibility index (Phi) is 3.79. The summed E-state index contributed by atoms with van der Waals surface area (Å²) in [5, 5.41) is 4.65. The largest absolute Gasteiger partial charge is 0.343 e. The number of halogens is 1. The fraction of sp³-hybridized carbons (Fsp3) is 0.294. The number of rotatable bonds is 3. The number of hydrogen-bond acceptors (Lipinski definition) is 4. The van der Waals surface area contributed by atoms with Crippen molar-refractivity contribution in [3.05, 3.63) is 53.5 Å². The van der Waals surface area contributed by atoms with Gasteiger partial charge in [-0.15, -0.1) is 0 Å². The normalized spacial score (nSPS) is 13.8. The molecule has 4 heterocycles. The van der Waals surface area contributed by atoms with E-state index in [1.54, 1.807) is 17.3 Å². The minimum absolute atomic E-state index is 0.208. The van der Waals surface area contributed by atoms with Gasteiger partial charge in [-0.3, -0.25) is 9.48 Å². The highest BCUT2D eigenvalue weighted by atomic mass is 19.1. The van der Waals surface area contributed by atoms with Crippen molar-refractivity contribution in [3.63, 3.8) is 0 Å². The second-order valence-electron chi connectivity index (χ2n) is 5.87. The molecule has 0 bridgehead atoms. The fourth-order valence-electron chi connectivity index (χ4n) is 3.18. The topological polar surface area (TPSA) is 79.7 Å². The number of aromatic amines is 1. The zero-order chi connectivity index (χ0) is 17.4. The van der Waals surface area contributed by atoms with E-state index in [4.69, 9.17) is 0 Å². The van der Waals surface area contributed by atoms with Crippen LogP contribution in [0.15, 0.2) is 30.7 Å². The van der Waals surface area contributed by atoms with Gasteiger partial charge in [-0.1, -0.05) is 0 Å². The maximum atomic E-state index is 13.0. The summed E-state index contributed by atoms with van der Waals surface area (Å²) in [6.07, 6.45) is 5.21. The van der Waals surface area contributed by atoms with Gasteiger partial charge in [0.05, 0.1) is 12.7 Å². The summed E-state index contributed by atoms with van der Waals surface area (Å²) in [6.45, 7) is 3.81.